The van der Waals surface area contributed by atoms with Crippen LogP contribution in [-0.4, -0.2) is 17.4 Å². The summed E-state index contributed by atoms with van der Waals surface area (Å²) in [7, 11) is 0. The van der Waals surface area contributed by atoms with E-state index in [4.69, 9.17) is 5.11 Å². The molecule has 0 bridgehead atoms. The molecule has 0 aromatic heterocycles. The topological polar surface area (TPSA) is 53.9 Å². The van der Waals surface area contributed by atoms with Gasteiger partial charge in [-0.3, -0.25) is 0 Å². The standard InChI is InChI=1S/C12H16N2O2/c1-12(2,3)9-6-4-8(5-7-9)10-13-11(15)16-14-10/h4-7,11,15H,1-3H3,(H,13,14). The van der Waals surface area contributed by atoms with Crippen LogP contribution in [0.4, 0.5) is 0 Å². The molecule has 0 spiro atoms. The SMILES string of the molecule is CC(C)(C)c1ccc(C2=NOC(O)N2)cc1. The van der Waals surface area contributed by atoms with Crippen LogP contribution in [0.2, 0.25) is 0 Å². The average Bonchev–Trinajstić information content (AvgIpc) is 2.64. The fraction of sp³-hybridized carbons (Fsp3) is 0.417. The van der Waals surface area contributed by atoms with E-state index < -0.39 is 6.41 Å². The Morgan fingerprint density at radius 2 is 1.88 bits per heavy atom. The Bertz CT molecular complexity index is 404. The van der Waals surface area contributed by atoms with E-state index in [2.05, 4.69) is 48.2 Å². The molecule has 1 aliphatic rings. The van der Waals surface area contributed by atoms with Crippen molar-refractivity contribution in [3.63, 3.8) is 0 Å². The van der Waals surface area contributed by atoms with Gasteiger partial charge in [0.05, 0.1) is 0 Å². The van der Waals surface area contributed by atoms with Crippen molar-refractivity contribution in [2.24, 2.45) is 5.16 Å². The van der Waals surface area contributed by atoms with Crippen LogP contribution in [0.15, 0.2) is 29.4 Å². The van der Waals surface area contributed by atoms with E-state index in [1.54, 1.807) is 0 Å². The van der Waals surface area contributed by atoms with E-state index in [1.807, 2.05) is 12.1 Å². The van der Waals surface area contributed by atoms with Crippen LogP contribution in [0.1, 0.15) is 31.9 Å². The predicted octanol–water partition coefficient (Wildman–Crippen LogP) is 1.54. The van der Waals surface area contributed by atoms with Gasteiger partial charge in [-0.15, -0.1) is 0 Å². The maximum absolute atomic E-state index is 9.10. The zero-order valence-electron chi connectivity index (χ0n) is 9.69. The molecule has 0 fully saturated rings. The second-order valence-corrected chi connectivity index (χ2v) is 4.87. The zero-order chi connectivity index (χ0) is 11.8. The summed E-state index contributed by atoms with van der Waals surface area (Å²) in [6.07, 6.45) is -1.03. The third kappa shape index (κ3) is 2.17. The minimum absolute atomic E-state index is 0.138. The van der Waals surface area contributed by atoms with Gasteiger partial charge in [0.2, 0.25) is 0 Å². The van der Waals surface area contributed by atoms with Gasteiger partial charge in [0.1, 0.15) is 0 Å². The van der Waals surface area contributed by atoms with Crippen LogP contribution >= 0.6 is 0 Å². The Hall–Kier alpha value is -1.55. The van der Waals surface area contributed by atoms with Crippen molar-refractivity contribution in [1.29, 1.82) is 0 Å². The number of aliphatic hydroxyl groups excluding tert-OH is 1. The van der Waals surface area contributed by atoms with Crippen molar-refractivity contribution in [3.8, 4) is 0 Å². The van der Waals surface area contributed by atoms with Crippen molar-refractivity contribution in [2.75, 3.05) is 0 Å². The van der Waals surface area contributed by atoms with Gasteiger partial charge >= 0.3 is 6.41 Å². The quantitative estimate of drug-likeness (QED) is 0.754. The third-order valence-electron chi connectivity index (χ3n) is 2.53. The second-order valence-electron chi connectivity index (χ2n) is 4.87. The van der Waals surface area contributed by atoms with Gasteiger partial charge in [-0.05, 0) is 11.0 Å². The number of rotatable bonds is 1. The normalized spacial score (nSPS) is 20.0. The molecule has 16 heavy (non-hydrogen) atoms. The van der Waals surface area contributed by atoms with E-state index in [9.17, 15) is 0 Å². The fourth-order valence-electron chi connectivity index (χ4n) is 1.54. The summed E-state index contributed by atoms with van der Waals surface area (Å²) in [6, 6.07) is 8.05. The molecule has 1 aromatic carbocycles. The second kappa shape index (κ2) is 3.79. The molecule has 0 aliphatic carbocycles. The highest BCUT2D eigenvalue weighted by atomic mass is 16.7. The van der Waals surface area contributed by atoms with Crippen LogP contribution in [0.5, 0.6) is 0 Å². The molecular formula is C12H16N2O2. The summed E-state index contributed by atoms with van der Waals surface area (Å²) in [5, 5.41) is 15.5. The van der Waals surface area contributed by atoms with Gasteiger partial charge in [0.25, 0.3) is 0 Å². The number of nitrogens with one attached hydrogen (secondary N) is 1. The van der Waals surface area contributed by atoms with Gasteiger partial charge in [-0.25, -0.2) is 0 Å². The van der Waals surface area contributed by atoms with Crippen LogP contribution in [-0.2, 0) is 10.3 Å². The first-order valence-corrected chi connectivity index (χ1v) is 5.26. The minimum atomic E-state index is -1.03. The molecule has 0 saturated carbocycles. The summed E-state index contributed by atoms with van der Waals surface area (Å²) in [6.45, 7) is 6.50. The number of nitrogens with zero attached hydrogens (tertiary/aromatic N) is 1. The smallest absolute Gasteiger partial charge is 0.304 e. The van der Waals surface area contributed by atoms with Gasteiger partial charge in [0, 0.05) is 5.56 Å². The van der Waals surface area contributed by atoms with E-state index in [0.29, 0.717) is 5.84 Å². The van der Waals surface area contributed by atoms with Gasteiger partial charge < -0.3 is 15.3 Å². The number of amidine groups is 1. The molecule has 1 aromatic rings. The number of hydrogen-bond acceptors (Lipinski definition) is 4. The lowest BCUT2D eigenvalue weighted by atomic mass is 9.86. The molecule has 1 heterocycles. The lowest BCUT2D eigenvalue weighted by Crippen LogP contribution is -2.29. The van der Waals surface area contributed by atoms with Crippen LogP contribution in [0, 0.1) is 0 Å². The third-order valence-corrected chi connectivity index (χ3v) is 2.53. The molecular weight excluding hydrogens is 204 g/mol. The van der Waals surface area contributed by atoms with Crippen molar-refractivity contribution in [2.45, 2.75) is 32.6 Å². The lowest BCUT2D eigenvalue weighted by molar-refractivity contribution is -0.0896. The summed E-state index contributed by atoms with van der Waals surface area (Å²) >= 11 is 0. The first-order chi connectivity index (χ1) is 7.47. The Labute approximate surface area is 94.9 Å². The van der Waals surface area contributed by atoms with Crippen molar-refractivity contribution < 1.29 is 9.94 Å². The molecule has 1 aliphatic heterocycles. The molecule has 0 saturated heterocycles. The first kappa shape index (κ1) is 11.0. The average molecular weight is 220 g/mol. The highest BCUT2D eigenvalue weighted by Gasteiger charge is 2.18. The Kier molecular flexibility index (Phi) is 2.59. The van der Waals surface area contributed by atoms with Crippen molar-refractivity contribution >= 4 is 5.84 Å². The van der Waals surface area contributed by atoms with Gasteiger partial charge in [-0.1, -0.05) is 50.2 Å². The molecule has 2 rings (SSSR count). The molecule has 0 radical (unpaired) electrons. The van der Waals surface area contributed by atoms with Crippen LogP contribution < -0.4 is 5.32 Å². The molecule has 86 valence electrons. The lowest BCUT2D eigenvalue weighted by Gasteiger charge is -2.19. The number of aliphatic hydroxyl groups is 1. The van der Waals surface area contributed by atoms with E-state index in [1.165, 1.54) is 5.56 Å². The maximum Gasteiger partial charge on any atom is 0.304 e. The predicted molar refractivity (Wildman–Crippen MR) is 61.9 cm³/mol. The van der Waals surface area contributed by atoms with E-state index in [0.717, 1.165) is 5.56 Å². The Morgan fingerprint density at radius 1 is 1.25 bits per heavy atom. The highest BCUT2D eigenvalue weighted by molar-refractivity contribution is 5.99. The monoisotopic (exact) mass is 220 g/mol. The molecule has 2 N–H and O–H groups in total. The maximum atomic E-state index is 9.10. The van der Waals surface area contributed by atoms with Crippen LogP contribution in [0.25, 0.3) is 0 Å². The van der Waals surface area contributed by atoms with Gasteiger partial charge in [0.15, 0.2) is 5.84 Å². The summed E-state index contributed by atoms with van der Waals surface area (Å²) in [4.78, 5) is 4.65. The summed E-state index contributed by atoms with van der Waals surface area (Å²) < 4.78 is 0. The zero-order valence-corrected chi connectivity index (χ0v) is 9.69. The highest BCUT2D eigenvalue weighted by Crippen LogP contribution is 2.22. The van der Waals surface area contributed by atoms with E-state index >= 15 is 0 Å². The molecule has 0 amide bonds. The number of benzene rings is 1. The van der Waals surface area contributed by atoms with E-state index in [-0.39, 0.29) is 5.41 Å². The number of oxime groups is 1. The fourth-order valence-corrected chi connectivity index (χ4v) is 1.54. The summed E-state index contributed by atoms with van der Waals surface area (Å²) in [5.41, 5.74) is 2.31. The molecule has 4 nitrogen and oxygen atoms in total. The van der Waals surface area contributed by atoms with Gasteiger partial charge in [-0.2, -0.15) is 0 Å². The molecule has 1 unspecified atom stereocenters. The molecule has 4 heteroatoms. The molecule has 1 atom stereocenters. The largest absolute Gasteiger partial charge is 0.340 e. The van der Waals surface area contributed by atoms with Crippen LogP contribution in [0.3, 0.4) is 0 Å². The Morgan fingerprint density at radius 3 is 2.31 bits per heavy atom. The van der Waals surface area contributed by atoms with Crippen molar-refractivity contribution in [3.05, 3.63) is 35.4 Å². The van der Waals surface area contributed by atoms with Crippen molar-refractivity contribution in [1.82, 2.24) is 5.32 Å². The summed E-state index contributed by atoms with van der Waals surface area (Å²) in [5.74, 6) is 0.563. The first-order valence-electron chi connectivity index (χ1n) is 5.26. The number of hydrogen-bond donors (Lipinski definition) is 2. The Balaban J connectivity index is 2.20. The minimum Gasteiger partial charge on any atom is -0.340 e.